The van der Waals surface area contributed by atoms with Crippen LogP contribution in [0.2, 0.25) is 0 Å². The maximum absolute atomic E-state index is 11.0. The van der Waals surface area contributed by atoms with Crippen LogP contribution in [0, 0.1) is 5.92 Å². The number of ether oxygens (including phenoxy) is 1. The molecule has 0 heterocycles. The number of amides is 1. The van der Waals surface area contributed by atoms with E-state index in [1.807, 2.05) is 0 Å². The maximum Gasteiger partial charge on any atom is 0.279 e. The molecular formula is C9H20N2O2S. The summed E-state index contributed by atoms with van der Waals surface area (Å²) >= 11 is 3.73. The van der Waals surface area contributed by atoms with E-state index >= 15 is 0 Å². The molecule has 0 fully saturated rings. The third-order valence-corrected chi connectivity index (χ3v) is 2.27. The van der Waals surface area contributed by atoms with Gasteiger partial charge in [-0.2, -0.15) is 0 Å². The Labute approximate surface area is 91.2 Å². The Balaban J connectivity index is 4.07. The lowest BCUT2D eigenvalue weighted by Gasteiger charge is -2.25. The van der Waals surface area contributed by atoms with Gasteiger partial charge in [0.15, 0.2) is 0 Å². The molecule has 0 aliphatic carbocycles. The quantitative estimate of drug-likeness (QED) is 0.524. The standard InChI is InChI=1S/C9H20N2O2S/c1-7(2)4-8(13-3)5-11(6-10)9(12)14/h7-8H,4-6,10H2,1-3H3,(H,12,14). The van der Waals surface area contributed by atoms with Crippen molar-refractivity contribution in [3.05, 3.63) is 0 Å². The van der Waals surface area contributed by atoms with E-state index < -0.39 is 0 Å². The smallest absolute Gasteiger partial charge is 0.279 e. The highest BCUT2D eigenvalue weighted by molar-refractivity contribution is 7.96. The summed E-state index contributed by atoms with van der Waals surface area (Å²) in [6.07, 6.45) is 0.947. The summed E-state index contributed by atoms with van der Waals surface area (Å²) in [5.74, 6) is 0.537. The van der Waals surface area contributed by atoms with E-state index in [2.05, 4.69) is 26.5 Å². The van der Waals surface area contributed by atoms with Crippen molar-refractivity contribution in [1.82, 2.24) is 4.90 Å². The number of nitrogens with zero attached hydrogens (tertiary/aromatic N) is 1. The highest BCUT2D eigenvalue weighted by Crippen LogP contribution is 2.09. The van der Waals surface area contributed by atoms with Gasteiger partial charge in [0.05, 0.1) is 12.8 Å². The molecule has 14 heavy (non-hydrogen) atoms. The molecule has 0 rings (SSSR count). The Kier molecular flexibility index (Phi) is 6.96. The van der Waals surface area contributed by atoms with Crippen molar-refractivity contribution >= 4 is 17.9 Å². The van der Waals surface area contributed by atoms with Crippen LogP contribution in [0.15, 0.2) is 0 Å². The van der Waals surface area contributed by atoms with E-state index in [-0.39, 0.29) is 18.0 Å². The fraction of sp³-hybridized carbons (Fsp3) is 0.889. The van der Waals surface area contributed by atoms with E-state index in [0.717, 1.165) is 6.42 Å². The first-order chi connectivity index (χ1) is 6.51. The predicted molar refractivity (Wildman–Crippen MR) is 60.4 cm³/mol. The van der Waals surface area contributed by atoms with Crippen LogP contribution in [0.4, 0.5) is 4.79 Å². The minimum atomic E-state index is -0.307. The van der Waals surface area contributed by atoms with Gasteiger partial charge in [-0.15, -0.1) is 0 Å². The number of hydrogen-bond donors (Lipinski definition) is 2. The van der Waals surface area contributed by atoms with E-state index in [9.17, 15) is 4.79 Å². The van der Waals surface area contributed by atoms with Crippen LogP contribution in [-0.4, -0.2) is 36.6 Å². The van der Waals surface area contributed by atoms with Crippen LogP contribution in [0.1, 0.15) is 20.3 Å². The third-order valence-electron chi connectivity index (χ3n) is 1.98. The molecule has 0 aliphatic rings. The van der Waals surface area contributed by atoms with Crippen LogP contribution in [0.5, 0.6) is 0 Å². The molecule has 1 amide bonds. The van der Waals surface area contributed by atoms with Gasteiger partial charge in [0.1, 0.15) is 0 Å². The summed E-state index contributed by atoms with van der Waals surface area (Å²) in [4.78, 5) is 12.4. The fourth-order valence-corrected chi connectivity index (χ4v) is 1.41. The van der Waals surface area contributed by atoms with Gasteiger partial charge < -0.3 is 15.4 Å². The van der Waals surface area contributed by atoms with Gasteiger partial charge in [0.25, 0.3) is 5.24 Å². The summed E-state index contributed by atoms with van der Waals surface area (Å²) in [5.41, 5.74) is 5.41. The highest BCUT2D eigenvalue weighted by Gasteiger charge is 2.16. The van der Waals surface area contributed by atoms with Crippen molar-refractivity contribution in [3.8, 4) is 0 Å². The minimum Gasteiger partial charge on any atom is -0.380 e. The van der Waals surface area contributed by atoms with Crippen molar-refractivity contribution in [2.24, 2.45) is 11.7 Å². The Hall–Kier alpha value is -0.260. The molecule has 2 N–H and O–H groups in total. The molecular weight excluding hydrogens is 200 g/mol. The number of hydrogen-bond acceptors (Lipinski definition) is 3. The van der Waals surface area contributed by atoms with Crippen molar-refractivity contribution < 1.29 is 9.53 Å². The molecule has 0 bridgehead atoms. The zero-order valence-electron chi connectivity index (χ0n) is 9.06. The average molecular weight is 220 g/mol. The topological polar surface area (TPSA) is 55.6 Å². The second-order valence-corrected chi connectivity index (χ2v) is 4.06. The molecule has 4 nitrogen and oxygen atoms in total. The zero-order valence-corrected chi connectivity index (χ0v) is 9.96. The second kappa shape index (κ2) is 7.09. The van der Waals surface area contributed by atoms with Gasteiger partial charge in [-0.25, -0.2) is 0 Å². The number of carbonyl (C=O) groups is 1. The second-order valence-electron chi connectivity index (χ2n) is 3.67. The zero-order chi connectivity index (χ0) is 11.1. The Morgan fingerprint density at radius 1 is 1.57 bits per heavy atom. The molecule has 0 aromatic carbocycles. The minimum absolute atomic E-state index is 0.0367. The van der Waals surface area contributed by atoms with E-state index in [1.54, 1.807) is 7.11 Å². The summed E-state index contributed by atoms with van der Waals surface area (Å²) in [6.45, 7) is 4.91. The van der Waals surface area contributed by atoms with Crippen LogP contribution in [0.3, 0.4) is 0 Å². The lowest BCUT2D eigenvalue weighted by molar-refractivity contribution is 0.0617. The monoisotopic (exact) mass is 220 g/mol. The van der Waals surface area contributed by atoms with E-state index in [1.165, 1.54) is 4.90 Å². The molecule has 0 saturated carbocycles. The van der Waals surface area contributed by atoms with Gasteiger partial charge in [0.2, 0.25) is 0 Å². The fourth-order valence-electron chi connectivity index (χ4n) is 1.25. The van der Waals surface area contributed by atoms with Gasteiger partial charge >= 0.3 is 0 Å². The molecule has 1 unspecified atom stereocenters. The average Bonchev–Trinajstić information content (AvgIpc) is 2.10. The largest absolute Gasteiger partial charge is 0.380 e. The number of rotatable bonds is 6. The Morgan fingerprint density at radius 3 is 2.43 bits per heavy atom. The number of nitrogens with two attached hydrogens (primary N) is 1. The first-order valence-corrected chi connectivity index (χ1v) is 5.16. The van der Waals surface area contributed by atoms with Gasteiger partial charge in [-0.05, 0) is 12.3 Å². The van der Waals surface area contributed by atoms with E-state index in [4.69, 9.17) is 10.5 Å². The first kappa shape index (κ1) is 13.7. The SMILES string of the molecule is COC(CC(C)C)CN(CN)C(=O)S. The molecule has 0 radical (unpaired) electrons. The maximum atomic E-state index is 11.0. The Morgan fingerprint density at radius 2 is 2.14 bits per heavy atom. The van der Waals surface area contributed by atoms with Crippen LogP contribution in [0.25, 0.3) is 0 Å². The molecule has 0 aromatic rings. The van der Waals surface area contributed by atoms with Crippen LogP contribution < -0.4 is 5.73 Å². The van der Waals surface area contributed by atoms with Gasteiger partial charge in [0, 0.05) is 13.7 Å². The molecule has 1 atom stereocenters. The summed E-state index contributed by atoms with van der Waals surface area (Å²) < 4.78 is 5.26. The van der Waals surface area contributed by atoms with Gasteiger partial charge in [-0.3, -0.25) is 4.79 Å². The molecule has 84 valence electrons. The molecule has 5 heteroatoms. The number of thiol groups is 1. The molecule has 0 aliphatic heterocycles. The normalized spacial score (nSPS) is 13.0. The summed E-state index contributed by atoms with van der Waals surface area (Å²) in [7, 11) is 1.64. The van der Waals surface area contributed by atoms with Crippen LogP contribution >= 0.6 is 12.6 Å². The van der Waals surface area contributed by atoms with Crippen LogP contribution in [-0.2, 0) is 4.74 Å². The van der Waals surface area contributed by atoms with Crippen molar-refractivity contribution in [1.29, 1.82) is 0 Å². The number of methoxy groups -OCH3 is 1. The number of carbonyl (C=O) groups excluding carboxylic acids is 1. The lowest BCUT2D eigenvalue weighted by Crippen LogP contribution is -2.39. The van der Waals surface area contributed by atoms with Crippen molar-refractivity contribution in [3.63, 3.8) is 0 Å². The van der Waals surface area contributed by atoms with E-state index in [0.29, 0.717) is 12.5 Å². The molecule has 0 spiro atoms. The Bertz CT molecular complexity index is 176. The summed E-state index contributed by atoms with van der Waals surface area (Å²) in [5, 5.41) is -0.307. The van der Waals surface area contributed by atoms with Crippen molar-refractivity contribution in [2.75, 3.05) is 20.3 Å². The van der Waals surface area contributed by atoms with Gasteiger partial charge in [-0.1, -0.05) is 26.5 Å². The first-order valence-electron chi connectivity index (χ1n) is 4.72. The lowest BCUT2D eigenvalue weighted by atomic mass is 10.1. The molecule has 0 aromatic heterocycles. The highest BCUT2D eigenvalue weighted by atomic mass is 32.1. The summed E-state index contributed by atoms with van der Waals surface area (Å²) in [6, 6.07) is 0. The predicted octanol–water partition coefficient (Wildman–Crippen LogP) is 1.32. The van der Waals surface area contributed by atoms with Crippen molar-refractivity contribution in [2.45, 2.75) is 26.4 Å². The molecule has 0 saturated heterocycles. The third kappa shape index (κ3) is 5.47.